The van der Waals surface area contributed by atoms with Gasteiger partial charge >= 0.3 is 5.97 Å². The van der Waals surface area contributed by atoms with Crippen molar-refractivity contribution in [1.29, 1.82) is 0 Å². The van der Waals surface area contributed by atoms with E-state index in [9.17, 15) is 14.4 Å². The van der Waals surface area contributed by atoms with Gasteiger partial charge in [0.05, 0.1) is 0 Å². The van der Waals surface area contributed by atoms with Crippen LogP contribution in [0.15, 0.2) is 42.5 Å². The Balaban J connectivity index is 1.22. The number of carbonyl (C=O) groups is 3. The van der Waals surface area contributed by atoms with Crippen LogP contribution in [0.25, 0.3) is 0 Å². The van der Waals surface area contributed by atoms with Crippen molar-refractivity contribution in [3.63, 3.8) is 0 Å². The molecule has 31 heavy (non-hydrogen) atoms. The van der Waals surface area contributed by atoms with Gasteiger partial charge in [-0.05, 0) is 44.0 Å². The monoisotopic (exact) mass is 424 g/mol. The predicted octanol–water partition coefficient (Wildman–Crippen LogP) is 2.95. The van der Waals surface area contributed by atoms with Gasteiger partial charge in [0.1, 0.15) is 6.54 Å². The normalized spacial score (nSPS) is 15.5. The molecule has 2 amide bonds. The van der Waals surface area contributed by atoms with Crippen LogP contribution < -0.4 is 20.1 Å². The van der Waals surface area contributed by atoms with Crippen LogP contribution in [0.2, 0.25) is 0 Å². The van der Waals surface area contributed by atoms with Crippen molar-refractivity contribution in [3.8, 4) is 11.5 Å². The molecule has 2 aromatic carbocycles. The molecule has 0 atom stereocenters. The average molecular weight is 424 g/mol. The topological polar surface area (TPSA) is 103 Å². The van der Waals surface area contributed by atoms with Crippen molar-refractivity contribution in [2.24, 2.45) is 0 Å². The second-order valence-electron chi connectivity index (χ2n) is 7.74. The number of nitrogens with one attached hydrogen (secondary N) is 2. The Hall–Kier alpha value is -3.55. The summed E-state index contributed by atoms with van der Waals surface area (Å²) in [5, 5.41) is 5.14. The summed E-state index contributed by atoms with van der Waals surface area (Å²) in [5.41, 5.74) is 1.91. The molecule has 0 radical (unpaired) electrons. The van der Waals surface area contributed by atoms with Crippen molar-refractivity contribution < 1.29 is 28.6 Å². The molecule has 4 rings (SSSR count). The molecule has 162 valence electrons. The largest absolute Gasteiger partial charge is 0.454 e. The number of ether oxygens (including phenoxy) is 3. The Morgan fingerprint density at radius 2 is 1.81 bits per heavy atom. The molecule has 1 aliphatic heterocycles. The number of hydrogen-bond donors (Lipinski definition) is 2. The van der Waals surface area contributed by atoms with E-state index < -0.39 is 24.3 Å². The third-order valence-corrected chi connectivity index (χ3v) is 5.22. The molecular formula is C23H24N2O6. The van der Waals surface area contributed by atoms with Gasteiger partial charge in [0.15, 0.2) is 18.1 Å². The highest BCUT2D eigenvalue weighted by molar-refractivity contribution is 5.96. The van der Waals surface area contributed by atoms with Crippen LogP contribution in [0.5, 0.6) is 11.5 Å². The zero-order chi connectivity index (χ0) is 21.8. The lowest BCUT2D eigenvalue weighted by molar-refractivity contribution is -0.146. The summed E-state index contributed by atoms with van der Waals surface area (Å²) in [6.45, 7) is 1.08. The van der Waals surface area contributed by atoms with Gasteiger partial charge in [-0.2, -0.15) is 0 Å². The Morgan fingerprint density at radius 1 is 1.03 bits per heavy atom. The Kier molecular flexibility index (Phi) is 5.79. The molecule has 0 aromatic heterocycles. The number of esters is 1. The molecule has 1 heterocycles. The molecular weight excluding hydrogens is 400 g/mol. The van der Waals surface area contributed by atoms with Crippen LogP contribution >= 0.6 is 0 Å². The summed E-state index contributed by atoms with van der Waals surface area (Å²) in [6.07, 6.45) is 3.82. The van der Waals surface area contributed by atoms with E-state index in [2.05, 4.69) is 10.6 Å². The summed E-state index contributed by atoms with van der Waals surface area (Å²) in [4.78, 5) is 36.0. The summed E-state index contributed by atoms with van der Waals surface area (Å²) < 4.78 is 16.8. The number of anilines is 1. The van der Waals surface area contributed by atoms with E-state index in [1.54, 1.807) is 36.4 Å². The maximum Gasteiger partial charge on any atom is 0.325 e. The third-order valence-electron chi connectivity index (χ3n) is 5.22. The fourth-order valence-electron chi connectivity index (χ4n) is 3.72. The smallest absolute Gasteiger partial charge is 0.325 e. The van der Waals surface area contributed by atoms with E-state index >= 15 is 0 Å². The van der Waals surface area contributed by atoms with E-state index in [4.69, 9.17) is 14.2 Å². The number of hydrogen-bond acceptors (Lipinski definition) is 6. The third kappa shape index (κ3) is 4.96. The molecule has 2 aliphatic rings. The fourth-order valence-corrected chi connectivity index (χ4v) is 3.72. The molecule has 1 aliphatic carbocycles. The van der Waals surface area contributed by atoms with Crippen LogP contribution in [0.4, 0.5) is 5.69 Å². The lowest BCUT2D eigenvalue weighted by atomic mass is 10.1. The van der Waals surface area contributed by atoms with Crippen molar-refractivity contribution in [2.75, 3.05) is 18.5 Å². The van der Waals surface area contributed by atoms with Crippen LogP contribution in [0.1, 0.15) is 41.6 Å². The summed E-state index contributed by atoms with van der Waals surface area (Å²) in [6, 6.07) is 12.2. The van der Waals surface area contributed by atoms with Crippen LogP contribution in [-0.4, -0.2) is 36.7 Å². The second-order valence-corrected chi connectivity index (χ2v) is 7.74. The molecule has 0 saturated heterocycles. The minimum Gasteiger partial charge on any atom is -0.454 e. The second kappa shape index (κ2) is 8.67. The predicted molar refractivity (Wildman–Crippen MR) is 112 cm³/mol. The van der Waals surface area contributed by atoms with Crippen molar-refractivity contribution in [1.82, 2.24) is 5.32 Å². The number of rotatable bonds is 6. The van der Waals surface area contributed by atoms with Gasteiger partial charge in [0, 0.05) is 30.2 Å². The average Bonchev–Trinajstić information content (AvgIpc) is 3.35. The van der Waals surface area contributed by atoms with Gasteiger partial charge in [-0.15, -0.1) is 0 Å². The fraction of sp³-hybridized carbons (Fsp3) is 0.348. The van der Waals surface area contributed by atoms with Gasteiger partial charge in [-0.25, -0.2) is 0 Å². The number of fused-ring (bicyclic) bond motifs is 1. The molecule has 2 N–H and O–H groups in total. The molecule has 1 fully saturated rings. The summed E-state index contributed by atoms with van der Waals surface area (Å²) >= 11 is 0. The number of amides is 2. The number of aryl methyl sites for hydroxylation is 1. The van der Waals surface area contributed by atoms with Gasteiger partial charge in [-0.1, -0.05) is 17.7 Å². The summed E-state index contributed by atoms with van der Waals surface area (Å²) in [7, 11) is 0. The van der Waals surface area contributed by atoms with Gasteiger partial charge < -0.3 is 24.8 Å². The van der Waals surface area contributed by atoms with Crippen molar-refractivity contribution in [3.05, 3.63) is 53.6 Å². The highest BCUT2D eigenvalue weighted by Crippen LogP contribution is 2.47. The Bertz CT molecular complexity index is 1010. The van der Waals surface area contributed by atoms with Gasteiger partial charge in [0.25, 0.3) is 17.6 Å². The Morgan fingerprint density at radius 3 is 2.58 bits per heavy atom. The Labute approximate surface area is 179 Å². The summed E-state index contributed by atoms with van der Waals surface area (Å²) in [5.74, 6) is -0.891. The number of carbonyl (C=O) groups excluding carboxylic acids is 3. The van der Waals surface area contributed by atoms with Gasteiger partial charge in [-0.3, -0.25) is 14.4 Å². The molecule has 1 spiro atoms. The first-order valence-electron chi connectivity index (χ1n) is 10.2. The quantitative estimate of drug-likeness (QED) is 0.691. The van der Waals surface area contributed by atoms with E-state index in [1.165, 1.54) is 0 Å². The highest BCUT2D eigenvalue weighted by Gasteiger charge is 2.44. The molecule has 2 aromatic rings. The first-order chi connectivity index (χ1) is 14.9. The number of benzene rings is 2. The van der Waals surface area contributed by atoms with E-state index in [0.717, 1.165) is 31.2 Å². The van der Waals surface area contributed by atoms with E-state index in [1.807, 2.05) is 13.0 Å². The first-order valence-corrected chi connectivity index (χ1v) is 10.2. The standard InChI is InChI=1S/C23H24N2O6/c1-15-5-4-6-16(11-15)22(28)24-13-21(27)29-14-20(26)25-17-7-8-18-19(12-17)31-23(30-18)9-2-3-10-23/h4-8,11-12H,2-3,9-10,13-14H2,1H3,(H,24,28)(H,25,26). The first kappa shape index (κ1) is 20.7. The minimum absolute atomic E-state index is 0.327. The molecule has 0 bridgehead atoms. The lowest BCUT2D eigenvalue weighted by Gasteiger charge is -2.21. The lowest BCUT2D eigenvalue weighted by Crippen LogP contribution is -2.34. The van der Waals surface area contributed by atoms with Crippen LogP contribution in [-0.2, 0) is 14.3 Å². The minimum atomic E-state index is -0.704. The zero-order valence-corrected chi connectivity index (χ0v) is 17.2. The van der Waals surface area contributed by atoms with Crippen LogP contribution in [0.3, 0.4) is 0 Å². The maximum absolute atomic E-state index is 12.1. The molecule has 8 heteroatoms. The zero-order valence-electron chi connectivity index (χ0n) is 17.2. The SMILES string of the molecule is Cc1cccc(C(=O)NCC(=O)OCC(=O)Nc2ccc3c(c2)OC2(CCCC2)O3)c1. The molecule has 0 unspecified atom stereocenters. The molecule has 8 nitrogen and oxygen atoms in total. The van der Waals surface area contributed by atoms with Crippen molar-refractivity contribution in [2.45, 2.75) is 38.4 Å². The molecule has 1 saturated carbocycles. The van der Waals surface area contributed by atoms with E-state index in [-0.39, 0.29) is 12.5 Å². The van der Waals surface area contributed by atoms with Crippen LogP contribution in [0, 0.1) is 6.92 Å². The van der Waals surface area contributed by atoms with Gasteiger partial charge in [0.2, 0.25) is 0 Å². The van der Waals surface area contributed by atoms with Crippen molar-refractivity contribution >= 4 is 23.5 Å². The highest BCUT2D eigenvalue weighted by atomic mass is 16.7. The van der Waals surface area contributed by atoms with E-state index in [0.29, 0.717) is 22.7 Å². The maximum atomic E-state index is 12.1.